The van der Waals surface area contributed by atoms with Crippen molar-refractivity contribution in [2.24, 2.45) is 5.92 Å². The summed E-state index contributed by atoms with van der Waals surface area (Å²) < 4.78 is 6.31. The topological polar surface area (TPSA) is 70.0 Å². The van der Waals surface area contributed by atoms with Crippen LogP contribution in [-0.2, 0) is 11.8 Å². The van der Waals surface area contributed by atoms with E-state index in [1.165, 1.54) is 0 Å². The Morgan fingerprint density at radius 3 is 2.79 bits per heavy atom. The van der Waals surface area contributed by atoms with Crippen LogP contribution in [0.4, 0.5) is 0 Å². The van der Waals surface area contributed by atoms with Crippen LogP contribution in [0.2, 0.25) is 0 Å². The molecule has 5 atom stereocenters. The summed E-state index contributed by atoms with van der Waals surface area (Å²) in [5.41, 5.74) is 0.322. The Kier molecular flexibility index (Phi) is 3.27. The first-order valence-corrected chi connectivity index (χ1v) is 10.2. The van der Waals surface area contributed by atoms with Crippen molar-refractivity contribution in [1.29, 1.82) is 0 Å². The molecule has 0 amide bonds. The molecule has 0 unspecified atom stereocenters. The van der Waals surface area contributed by atoms with E-state index in [-0.39, 0.29) is 23.5 Å². The van der Waals surface area contributed by atoms with Crippen LogP contribution in [0.1, 0.15) is 27.9 Å². The third kappa shape index (κ3) is 1.95. The number of ether oxygens (including phenoxy) is 1. The standard InChI is InChI=1S/C24H23NO4/c1-25-12-11-23-16-9-10-24(28,21(27)14-5-3-2-4-6-14)22(23)29-20-18(26)8-7-15(19(20)23)13-17(16)25/h2-10,16-17,22,26,28H,11-13H2,1H3/t16-,17+,22+,23-,24+/m0/s1. The van der Waals surface area contributed by atoms with E-state index in [1.54, 1.807) is 36.4 Å². The molecule has 6 rings (SSSR count). The zero-order chi connectivity index (χ0) is 20.0. The molecule has 148 valence electrons. The molecule has 2 aromatic carbocycles. The fourth-order valence-electron chi connectivity index (χ4n) is 6.32. The number of aliphatic hydroxyl groups is 1. The zero-order valence-corrected chi connectivity index (χ0v) is 16.2. The number of hydrogen-bond donors (Lipinski definition) is 2. The summed E-state index contributed by atoms with van der Waals surface area (Å²) in [6.45, 7) is 0.860. The maximum Gasteiger partial charge on any atom is 0.202 e. The molecular weight excluding hydrogens is 366 g/mol. The molecule has 1 fully saturated rings. The van der Waals surface area contributed by atoms with Gasteiger partial charge in [-0.05, 0) is 44.1 Å². The normalized spacial score (nSPS) is 36.4. The molecule has 2 aliphatic heterocycles. The number of rotatable bonds is 2. The van der Waals surface area contributed by atoms with Crippen molar-refractivity contribution in [2.45, 2.75) is 36.0 Å². The Morgan fingerprint density at radius 2 is 2.00 bits per heavy atom. The van der Waals surface area contributed by atoms with Gasteiger partial charge in [0.1, 0.15) is 6.10 Å². The lowest BCUT2D eigenvalue weighted by atomic mass is 9.51. The van der Waals surface area contributed by atoms with E-state index in [0.717, 1.165) is 30.5 Å². The van der Waals surface area contributed by atoms with Crippen molar-refractivity contribution in [1.82, 2.24) is 4.90 Å². The number of hydrogen-bond acceptors (Lipinski definition) is 5. The number of nitrogens with zero attached hydrogens (tertiary/aromatic N) is 1. The lowest BCUT2D eigenvalue weighted by Gasteiger charge is -2.58. The van der Waals surface area contributed by atoms with Crippen LogP contribution in [0.25, 0.3) is 0 Å². The highest BCUT2D eigenvalue weighted by atomic mass is 16.5. The van der Waals surface area contributed by atoms with E-state index in [2.05, 4.69) is 11.9 Å². The van der Waals surface area contributed by atoms with Crippen LogP contribution >= 0.6 is 0 Å². The average Bonchev–Trinajstić information content (AvgIpc) is 3.10. The second-order valence-corrected chi connectivity index (χ2v) is 8.89. The molecule has 5 nitrogen and oxygen atoms in total. The second kappa shape index (κ2) is 5.49. The van der Waals surface area contributed by atoms with E-state index in [4.69, 9.17) is 4.74 Å². The lowest BCUT2D eigenvalue weighted by molar-refractivity contribution is -0.0802. The summed E-state index contributed by atoms with van der Waals surface area (Å²) in [6.07, 6.45) is 4.57. The number of ketones is 1. The minimum atomic E-state index is -1.78. The Hall–Kier alpha value is -2.63. The Balaban J connectivity index is 1.59. The number of benzene rings is 2. The van der Waals surface area contributed by atoms with E-state index in [1.807, 2.05) is 18.2 Å². The largest absolute Gasteiger partial charge is 0.504 e. The van der Waals surface area contributed by atoms with Crippen LogP contribution in [0, 0.1) is 5.92 Å². The van der Waals surface area contributed by atoms with Crippen molar-refractivity contribution in [3.63, 3.8) is 0 Å². The highest BCUT2D eigenvalue weighted by molar-refractivity contribution is 6.05. The van der Waals surface area contributed by atoms with Crippen molar-refractivity contribution >= 4 is 5.78 Å². The van der Waals surface area contributed by atoms with Crippen molar-refractivity contribution in [3.05, 3.63) is 71.3 Å². The number of phenols is 1. The third-order valence-electron chi connectivity index (χ3n) is 7.63. The Labute approximate surface area is 169 Å². The summed E-state index contributed by atoms with van der Waals surface area (Å²) in [6, 6.07) is 12.8. The number of phenolic OH excluding ortho intramolecular Hbond substituents is 1. The molecule has 0 saturated carbocycles. The van der Waals surface area contributed by atoms with Gasteiger partial charge in [0.05, 0.1) is 0 Å². The predicted molar refractivity (Wildman–Crippen MR) is 107 cm³/mol. The number of carbonyl (C=O) groups excluding carboxylic acids is 1. The molecule has 2 N–H and O–H groups in total. The number of likely N-dealkylation sites (N-methyl/N-ethyl adjacent to an activating group) is 1. The zero-order valence-electron chi connectivity index (χ0n) is 16.2. The predicted octanol–water partition coefficient (Wildman–Crippen LogP) is 2.45. The number of piperidine rings is 1. The van der Waals surface area contributed by atoms with Gasteiger partial charge in [-0.15, -0.1) is 0 Å². The van der Waals surface area contributed by atoms with Gasteiger partial charge in [0.2, 0.25) is 5.78 Å². The first kappa shape index (κ1) is 17.2. The molecule has 1 saturated heterocycles. The van der Waals surface area contributed by atoms with Crippen molar-refractivity contribution in [3.8, 4) is 11.5 Å². The van der Waals surface area contributed by atoms with Crippen LogP contribution in [0.5, 0.6) is 11.5 Å². The van der Waals surface area contributed by atoms with E-state index >= 15 is 0 Å². The Bertz CT molecular complexity index is 1060. The van der Waals surface area contributed by atoms with Gasteiger partial charge in [-0.3, -0.25) is 4.79 Å². The lowest BCUT2D eigenvalue weighted by Crippen LogP contribution is -2.69. The maximum absolute atomic E-state index is 13.5. The van der Waals surface area contributed by atoms with E-state index in [9.17, 15) is 15.0 Å². The Morgan fingerprint density at radius 1 is 1.21 bits per heavy atom. The minimum Gasteiger partial charge on any atom is -0.504 e. The van der Waals surface area contributed by atoms with Crippen molar-refractivity contribution < 1.29 is 19.7 Å². The maximum atomic E-state index is 13.5. The highest BCUT2D eigenvalue weighted by Gasteiger charge is 2.69. The SMILES string of the molecule is CN1CC[C@]23c4c5ccc(O)c4O[C@H]2[C@](O)(C(=O)c2ccccc2)C=C[C@H]3[C@H]1C5. The summed E-state index contributed by atoms with van der Waals surface area (Å²) in [5, 5.41) is 22.3. The van der Waals surface area contributed by atoms with E-state index in [0.29, 0.717) is 11.3 Å². The minimum absolute atomic E-state index is 0.0816. The number of likely N-dealkylation sites (tertiary alicyclic amines) is 1. The van der Waals surface area contributed by atoms with Crippen LogP contribution < -0.4 is 4.74 Å². The van der Waals surface area contributed by atoms with Gasteiger partial charge >= 0.3 is 0 Å². The summed E-state index contributed by atoms with van der Waals surface area (Å²) >= 11 is 0. The second-order valence-electron chi connectivity index (χ2n) is 8.89. The summed E-state index contributed by atoms with van der Waals surface area (Å²) in [4.78, 5) is 15.8. The molecule has 2 bridgehead atoms. The smallest absolute Gasteiger partial charge is 0.202 e. The molecule has 2 aliphatic carbocycles. The fourth-order valence-corrected chi connectivity index (χ4v) is 6.32. The number of Topliss-reactive ketones (excluding diaryl/α,β-unsaturated/α-hetero) is 1. The average molecular weight is 389 g/mol. The molecule has 1 spiro atoms. The third-order valence-corrected chi connectivity index (χ3v) is 7.63. The number of carbonyl (C=O) groups is 1. The van der Waals surface area contributed by atoms with Gasteiger partial charge in [-0.25, -0.2) is 0 Å². The number of aromatic hydroxyl groups is 1. The van der Waals surface area contributed by atoms with Gasteiger partial charge in [-0.2, -0.15) is 0 Å². The quantitative estimate of drug-likeness (QED) is 0.610. The molecule has 0 radical (unpaired) electrons. The van der Waals surface area contributed by atoms with Crippen LogP contribution in [0.3, 0.4) is 0 Å². The molecule has 29 heavy (non-hydrogen) atoms. The van der Waals surface area contributed by atoms with Crippen LogP contribution in [-0.4, -0.2) is 52.2 Å². The summed E-state index contributed by atoms with van der Waals surface area (Å²) in [5.74, 6) is 0.300. The van der Waals surface area contributed by atoms with Gasteiger partial charge in [0.25, 0.3) is 0 Å². The first-order chi connectivity index (χ1) is 14.0. The fraction of sp³-hybridized carbons (Fsp3) is 0.375. The molecule has 2 aromatic rings. The van der Waals surface area contributed by atoms with Gasteiger partial charge in [0.15, 0.2) is 17.1 Å². The highest BCUT2D eigenvalue weighted by Crippen LogP contribution is 2.64. The van der Waals surface area contributed by atoms with Crippen molar-refractivity contribution in [2.75, 3.05) is 13.6 Å². The summed E-state index contributed by atoms with van der Waals surface area (Å²) in [7, 11) is 2.14. The van der Waals surface area contributed by atoms with Gasteiger partial charge < -0.3 is 19.8 Å². The molecular formula is C24H23NO4. The van der Waals surface area contributed by atoms with Gasteiger partial charge in [0, 0.05) is 28.5 Å². The van der Waals surface area contributed by atoms with Crippen LogP contribution in [0.15, 0.2) is 54.6 Å². The molecule has 4 aliphatic rings. The monoisotopic (exact) mass is 389 g/mol. The van der Waals surface area contributed by atoms with E-state index < -0.39 is 17.1 Å². The van der Waals surface area contributed by atoms with Gasteiger partial charge in [-0.1, -0.05) is 42.5 Å². The molecule has 0 aromatic heterocycles. The molecule has 2 heterocycles. The molecule has 5 heteroatoms. The first-order valence-electron chi connectivity index (χ1n) is 10.2.